The first-order chi connectivity index (χ1) is 11.5. The van der Waals surface area contributed by atoms with E-state index < -0.39 is 0 Å². The van der Waals surface area contributed by atoms with Gasteiger partial charge in [-0.05, 0) is 43.9 Å². The average molecular weight is 365 g/mol. The Bertz CT molecular complexity index is 725. The molecular formula is C17H21ClN4OS. The van der Waals surface area contributed by atoms with Gasteiger partial charge in [-0.1, -0.05) is 36.4 Å². The molecule has 1 aliphatic heterocycles. The first-order valence-corrected chi connectivity index (χ1v) is 9.49. The molecular weight excluding hydrogens is 344 g/mol. The van der Waals surface area contributed by atoms with Crippen LogP contribution in [0.1, 0.15) is 25.6 Å². The second-order valence-electron chi connectivity index (χ2n) is 6.20. The number of hydrogen-bond acceptors (Lipinski definition) is 4. The Morgan fingerprint density at radius 3 is 2.79 bits per heavy atom. The van der Waals surface area contributed by atoms with Crippen molar-refractivity contribution in [1.29, 1.82) is 0 Å². The predicted octanol–water partition coefficient (Wildman–Crippen LogP) is 3.58. The summed E-state index contributed by atoms with van der Waals surface area (Å²) >= 11 is 7.51. The molecule has 0 N–H and O–H groups in total. The zero-order valence-electron chi connectivity index (χ0n) is 13.9. The van der Waals surface area contributed by atoms with Crippen molar-refractivity contribution < 1.29 is 4.79 Å². The zero-order chi connectivity index (χ0) is 17.1. The number of hydrogen-bond donors (Lipinski definition) is 0. The Hall–Kier alpha value is -1.53. The fourth-order valence-electron chi connectivity index (χ4n) is 2.82. The van der Waals surface area contributed by atoms with Crippen LogP contribution in [0, 0.1) is 12.8 Å². The number of aryl methyl sites for hydroxylation is 1. The van der Waals surface area contributed by atoms with Crippen LogP contribution in [-0.4, -0.2) is 44.4 Å². The van der Waals surface area contributed by atoms with Crippen molar-refractivity contribution in [3.63, 3.8) is 0 Å². The van der Waals surface area contributed by atoms with Gasteiger partial charge in [-0.15, -0.1) is 10.2 Å². The topological polar surface area (TPSA) is 51.0 Å². The van der Waals surface area contributed by atoms with Crippen LogP contribution in [0.3, 0.4) is 0 Å². The van der Waals surface area contributed by atoms with Crippen molar-refractivity contribution >= 4 is 29.3 Å². The van der Waals surface area contributed by atoms with E-state index in [-0.39, 0.29) is 5.91 Å². The molecule has 1 aliphatic rings. The van der Waals surface area contributed by atoms with Gasteiger partial charge in [0.2, 0.25) is 5.91 Å². The summed E-state index contributed by atoms with van der Waals surface area (Å²) in [5.41, 5.74) is 0.909. The van der Waals surface area contributed by atoms with Crippen LogP contribution in [0.25, 0.3) is 5.69 Å². The molecule has 1 amide bonds. The van der Waals surface area contributed by atoms with Gasteiger partial charge in [-0.3, -0.25) is 9.36 Å². The number of halogens is 1. The summed E-state index contributed by atoms with van der Waals surface area (Å²) < 4.78 is 1.93. The summed E-state index contributed by atoms with van der Waals surface area (Å²) in [7, 11) is 0. The van der Waals surface area contributed by atoms with E-state index in [1.165, 1.54) is 11.8 Å². The van der Waals surface area contributed by atoms with E-state index in [4.69, 9.17) is 11.6 Å². The van der Waals surface area contributed by atoms with Gasteiger partial charge in [0.05, 0.1) is 11.4 Å². The minimum Gasteiger partial charge on any atom is -0.342 e. The lowest BCUT2D eigenvalue weighted by Gasteiger charge is -2.30. The van der Waals surface area contributed by atoms with Crippen LogP contribution >= 0.6 is 23.4 Å². The fraction of sp³-hybridized carbons (Fsp3) is 0.471. The average Bonchev–Trinajstić information content (AvgIpc) is 2.94. The molecule has 0 radical (unpaired) electrons. The van der Waals surface area contributed by atoms with E-state index in [0.717, 1.165) is 43.4 Å². The van der Waals surface area contributed by atoms with Crippen LogP contribution in [0.4, 0.5) is 0 Å². The Kier molecular flexibility index (Phi) is 5.46. The summed E-state index contributed by atoms with van der Waals surface area (Å²) in [5.74, 6) is 2.05. The van der Waals surface area contributed by atoms with E-state index in [9.17, 15) is 4.79 Å². The molecule has 1 aromatic heterocycles. The lowest BCUT2D eigenvalue weighted by Crippen LogP contribution is -2.38. The van der Waals surface area contributed by atoms with E-state index in [1.54, 1.807) is 0 Å². The van der Waals surface area contributed by atoms with Crippen LogP contribution < -0.4 is 0 Å². The van der Waals surface area contributed by atoms with Gasteiger partial charge in [0.15, 0.2) is 5.16 Å². The van der Waals surface area contributed by atoms with E-state index >= 15 is 0 Å². The Morgan fingerprint density at radius 2 is 2.08 bits per heavy atom. The maximum absolute atomic E-state index is 12.4. The number of piperidine rings is 1. The highest BCUT2D eigenvalue weighted by Gasteiger charge is 2.21. The van der Waals surface area contributed by atoms with Crippen molar-refractivity contribution in [2.24, 2.45) is 5.92 Å². The van der Waals surface area contributed by atoms with Crippen LogP contribution in [0.2, 0.25) is 5.02 Å². The van der Waals surface area contributed by atoms with Crippen molar-refractivity contribution in [2.75, 3.05) is 18.8 Å². The lowest BCUT2D eigenvalue weighted by atomic mass is 9.99. The standard InChI is InChI=1S/C17H21ClN4OS/c1-12-6-8-21(9-7-12)16(23)11-24-17-20-19-13(2)22(17)15-5-3-4-14(18)10-15/h3-5,10,12H,6-9,11H2,1-2H3. The van der Waals surface area contributed by atoms with E-state index in [0.29, 0.717) is 15.9 Å². The molecule has 1 saturated heterocycles. The number of nitrogens with zero attached hydrogens (tertiary/aromatic N) is 4. The molecule has 2 heterocycles. The van der Waals surface area contributed by atoms with Crippen molar-refractivity contribution in [3.8, 4) is 5.69 Å². The van der Waals surface area contributed by atoms with Crippen LogP contribution in [0.5, 0.6) is 0 Å². The van der Waals surface area contributed by atoms with Gasteiger partial charge in [-0.2, -0.15) is 0 Å². The highest BCUT2D eigenvalue weighted by molar-refractivity contribution is 7.99. The minimum atomic E-state index is 0.171. The molecule has 7 heteroatoms. The van der Waals surface area contributed by atoms with E-state index in [2.05, 4.69) is 17.1 Å². The third-order valence-corrected chi connectivity index (χ3v) is 5.47. The van der Waals surface area contributed by atoms with E-state index in [1.807, 2.05) is 40.7 Å². The molecule has 0 aliphatic carbocycles. The summed E-state index contributed by atoms with van der Waals surface area (Å²) in [5, 5.41) is 9.74. The number of carbonyl (C=O) groups is 1. The number of amides is 1. The first-order valence-electron chi connectivity index (χ1n) is 8.13. The van der Waals surface area contributed by atoms with Crippen LogP contribution in [0.15, 0.2) is 29.4 Å². The molecule has 0 bridgehead atoms. The third kappa shape index (κ3) is 3.92. The maximum atomic E-state index is 12.4. The van der Waals surface area contributed by atoms with Gasteiger partial charge in [-0.25, -0.2) is 0 Å². The molecule has 24 heavy (non-hydrogen) atoms. The molecule has 5 nitrogen and oxygen atoms in total. The summed E-state index contributed by atoms with van der Waals surface area (Å²) in [4.78, 5) is 14.4. The highest BCUT2D eigenvalue weighted by Crippen LogP contribution is 2.24. The predicted molar refractivity (Wildman–Crippen MR) is 96.8 cm³/mol. The van der Waals surface area contributed by atoms with Crippen molar-refractivity contribution in [2.45, 2.75) is 31.8 Å². The zero-order valence-corrected chi connectivity index (χ0v) is 15.5. The molecule has 1 aromatic carbocycles. The second kappa shape index (κ2) is 7.57. The third-order valence-electron chi connectivity index (χ3n) is 4.32. The first kappa shape index (κ1) is 17.3. The number of benzene rings is 1. The molecule has 128 valence electrons. The number of aromatic nitrogens is 3. The lowest BCUT2D eigenvalue weighted by molar-refractivity contribution is -0.129. The molecule has 0 saturated carbocycles. The molecule has 0 unspecified atom stereocenters. The Balaban J connectivity index is 1.69. The highest BCUT2D eigenvalue weighted by atomic mass is 35.5. The molecule has 0 atom stereocenters. The Morgan fingerprint density at radius 1 is 1.33 bits per heavy atom. The monoisotopic (exact) mass is 364 g/mol. The molecule has 0 spiro atoms. The largest absolute Gasteiger partial charge is 0.342 e. The smallest absolute Gasteiger partial charge is 0.233 e. The quantitative estimate of drug-likeness (QED) is 0.778. The SMILES string of the molecule is Cc1nnc(SCC(=O)N2CCC(C)CC2)n1-c1cccc(Cl)c1. The minimum absolute atomic E-state index is 0.171. The molecule has 2 aromatic rings. The van der Waals surface area contributed by atoms with Gasteiger partial charge >= 0.3 is 0 Å². The molecule has 1 fully saturated rings. The summed E-state index contributed by atoms with van der Waals surface area (Å²) in [6.45, 7) is 5.86. The van der Waals surface area contributed by atoms with Gasteiger partial charge < -0.3 is 4.90 Å². The number of likely N-dealkylation sites (tertiary alicyclic amines) is 1. The van der Waals surface area contributed by atoms with Crippen molar-refractivity contribution in [3.05, 3.63) is 35.1 Å². The number of carbonyl (C=O) groups excluding carboxylic acids is 1. The number of rotatable bonds is 4. The molecule has 3 rings (SSSR count). The fourth-order valence-corrected chi connectivity index (χ4v) is 3.91. The van der Waals surface area contributed by atoms with Gasteiger partial charge in [0.25, 0.3) is 0 Å². The summed E-state index contributed by atoms with van der Waals surface area (Å²) in [6, 6.07) is 7.56. The Labute approximate surface area is 151 Å². The van der Waals surface area contributed by atoms with Gasteiger partial charge in [0, 0.05) is 18.1 Å². The second-order valence-corrected chi connectivity index (χ2v) is 7.58. The van der Waals surface area contributed by atoms with Gasteiger partial charge in [0.1, 0.15) is 5.82 Å². The normalized spacial score (nSPS) is 15.7. The maximum Gasteiger partial charge on any atom is 0.233 e. The van der Waals surface area contributed by atoms with Crippen molar-refractivity contribution in [1.82, 2.24) is 19.7 Å². The van der Waals surface area contributed by atoms with Crippen LogP contribution in [-0.2, 0) is 4.79 Å². The number of thioether (sulfide) groups is 1. The summed E-state index contributed by atoms with van der Waals surface area (Å²) in [6.07, 6.45) is 2.18.